The number of piperidine rings is 1. The van der Waals surface area contributed by atoms with E-state index >= 15 is 0 Å². The molecule has 0 bridgehead atoms. The Kier molecular flexibility index (Phi) is 9.02. The summed E-state index contributed by atoms with van der Waals surface area (Å²) in [6, 6.07) is 15.0. The number of pyridine rings is 1. The first kappa shape index (κ1) is 30.9. The molecular weight excluding hydrogens is 615 g/mol. The fourth-order valence-electron chi connectivity index (χ4n) is 6.72. The van der Waals surface area contributed by atoms with Gasteiger partial charge in [0.25, 0.3) is 5.91 Å². The van der Waals surface area contributed by atoms with Crippen LogP contribution < -0.4 is 10.1 Å². The molecule has 0 aliphatic carbocycles. The van der Waals surface area contributed by atoms with Gasteiger partial charge in [-0.25, -0.2) is 4.68 Å². The minimum atomic E-state index is -0.430. The van der Waals surface area contributed by atoms with E-state index in [0.717, 1.165) is 62.9 Å². The van der Waals surface area contributed by atoms with E-state index in [0.29, 0.717) is 40.1 Å². The number of hydrogen-bond donors (Lipinski definition) is 1. The van der Waals surface area contributed by atoms with Gasteiger partial charge in [-0.05, 0) is 90.2 Å². The van der Waals surface area contributed by atoms with Crippen molar-refractivity contribution in [2.45, 2.75) is 36.6 Å². The predicted octanol–water partition coefficient (Wildman–Crippen LogP) is 4.28. The highest BCUT2D eigenvalue weighted by atomic mass is 35.5. The summed E-state index contributed by atoms with van der Waals surface area (Å²) < 4.78 is 7.09. The summed E-state index contributed by atoms with van der Waals surface area (Å²) >= 11 is 12.8. The van der Waals surface area contributed by atoms with Crippen molar-refractivity contribution >= 4 is 35.5 Å². The number of hydrogen-bond acceptors (Lipinski definition) is 8. The first-order valence-corrected chi connectivity index (χ1v) is 15.6. The molecule has 2 fully saturated rings. The van der Waals surface area contributed by atoms with Crippen LogP contribution in [0.3, 0.4) is 0 Å². The summed E-state index contributed by atoms with van der Waals surface area (Å²) in [6.07, 6.45) is 8.99. The largest absolute Gasteiger partial charge is 0.496 e. The van der Waals surface area contributed by atoms with Crippen LogP contribution >= 0.6 is 23.2 Å². The molecule has 234 valence electrons. The van der Waals surface area contributed by atoms with E-state index in [2.05, 4.69) is 30.7 Å². The van der Waals surface area contributed by atoms with Crippen molar-refractivity contribution < 1.29 is 14.3 Å². The van der Waals surface area contributed by atoms with Crippen molar-refractivity contribution in [3.8, 4) is 11.4 Å². The van der Waals surface area contributed by atoms with E-state index in [1.165, 1.54) is 11.0 Å². The number of nitrogens with one attached hydrogen (secondary N) is 1. The number of carbonyl (C=O) groups excluding carboxylic acids is 2. The van der Waals surface area contributed by atoms with Crippen LogP contribution in [0.2, 0.25) is 10.0 Å². The molecule has 2 aromatic heterocycles. The van der Waals surface area contributed by atoms with Crippen LogP contribution in [-0.4, -0.2) is 87.1 Å². The van der Waals surface area contributed by atoms with Crippen molar-refractivity contribution in [3.63, 3.8) is 0 Å². The van der Waals surface area contributed by atoms with Gasteiger partial charge in [-0.15, -0.1) is 5.10 Å². The smallest absolute Gasteiger partial charge is 0.257 e. The van der Waals surface area contributed by atoms with Gasteiger partial charge in [0, 0.05) is 44.0 Å². The van der Waals surface area contributed by atoms with E-state index in [9.17, 15) is 9.59 Å². The van der Waals surface area contributed by atoms with Crippen molar-refractivity contribution in [3.05, 3.63) is 94.0 Å². The van der Waals surface area contributed by atoms with E-state index < -0.39 is 5.54 Å². The Hall–Kier alpha value is -4.06. The van der Waals surface area contributed by atoms with Crippen LogP contribution in [0.5, 0.6) is 5.75 Å². The number of nitrogens with zero attached hydrogens (tertiary/aromatic N) is 7. The molecule has 0 radical (unpaired) electrons. The van der Waals surface area contributed by atoms with Gasteiger partial charge in [-0.3, -0.25) is 14.6 Å². The molecule has 0 unspecified atom stereocenters. The van der Waals surface area contributed by atoms with Crippen LogP contribution in [0.25, 0.3) is 5.69 Å². The molecule has 2 aliphatic rings. The monoisotopic (exact) mass is 648 g/mol. The molecule has 2 amide bonds. The van der Waals surface area contributed by atoms with Crippen LogP contribution in [0.15, 0.2) is 67.3 Å². The number of methoxy groups -OCH3 is 1. The number of tetrazole rings is 1. The number of ether oxygens (including phenoxy) is 1. The highest BCUT2D eigenvalue weighted by molar-refractivity contribution is 6.42. The van der Waals surface area contributed by atoms with Crippen molar-refractivity contribution in [1.82, 2.24) is 40.3 Å². The Morgan fingerprint density at radius 1 is 1.04 bits per heavy atom. The Morgan fingerprint density at radius 3 is 2.58 bits per heavy atom. The Labute approximate surface area is 271 Å². The number of benzene rings is 2. The third-order valence-electron chi connectivity index (χ3n) is 9.37. The summed E-state index contributed by atoms with van der Waals surface area (Å²) in [7, 11) is 1.55. The van der Waals surface area contributed by atoms with E-state index in [1.54, 1.807) is 25.4 Å². The zero-order chi connectivity index (χ0) is 31.4. The van der Waals surface area contributed by atoms with Crippen LogP contribution in [0.4, 0.5) is 0 Å². The second-order valence-corrected chi connectivity index (χ2v) is 12.5. The van der Waals surface area contributed by atoms with Gasteiger partial charge in [-0.1, -0.05) is 35.3 Å². The lowest BCUT2D eigenvalue weighted by Crippen LogP contribution is -2.51. The minimum absolute atomic E-state index is 0.122. The number of carbonyl (C=O) groups is 2. The molecule has 45 heavy (non-hydrogen) atoms. The Bertz CT molecular complexity index is 1650. The molecule has 0 saturated carbocycles. The SMILES string of the molecule is COc1ccc(-n2cnnn2)cc1C(=O)N1CC[C@](CCN2CCC(NC=O)(c3cccnc3)CC2)(c2ccc(Cl)c(Cl)c2)C1. The van der Waals surface area contributed by atoms with E-state index in [4.69, 9.17) is 27.9 Å². The van der Waals surface area contributed by atoms with Gasteiger partial charge in [0.15, 0.2) is 0 Å². The van der Waals surface area contributed by atoms with E-state index in [-0.39, 0.29) is 11.3 Å². The maximum absolute atomic E-state index is 14.0. The molecular formula is C32H34Cl2N8O3. The summed E-state index contributed by atoms with van der Waals surface area (Å²) in [4.78, 5) is 34.2. The van der Waals surface area contributed by atoms with Crippen LogP contribution in [0, 0.1) is 0 Å². The minimum Gasteiger partial charge on any atom is -0.496 e. The molecule has 2 aliphatic heterocycles. The second-order valence-electron chi connectivity index (χ2n) is 11.7. The number of halogens is 2. The predicted molar refractivity (Wildman–Crippen MR) is 170 cm³/mol. The van der Waals surface area contributed by atoms with Crippen LogP contribution in [0.1, 0.15) is 47.2 Å². The first-order chi connectivity index (χ1) is 21.9. The number of rotatable bonds is 10. The average molecular weight is 650 g/mol. The third kappa shape index (κ3) is 6.25. The zero-order valence-electron chi connectivity index (χ0n) is 24.9. The van der Waals surface area contributed by atoms with Gasteiger partial charge >= 0.3 is 0 Å². The number of likely N-dealkylation sites (tertiary alicyclic amines) is 2. The molecule has 11 nitrogen and oxygen atoms in total. The molecule has 2 saturated heterocycles. The quantitative estimate of drug-likeness (QED) is 0.253. The molecule has 1 N–H and O–H groups in total. The highest BCUT2D eigenvalue weighted by Gasteiger charge is 2.43. The topological polar surface area (TPSA) is 118 Å². The van der Waals surface area contributed by atoms with Crippen LogP contribution in [-0.2, 0) is 15.7 Å². The highest BCUT2D eigenvalue weighted by Crippen LogP contribution is 2.42. The number of aromatic nitrogens is 5. The fourth-order valence-corrected chi connectivity index (χ4v) is 7.01. The van der Waals surface area contributed by atoms with Gasteiger partial charge in [-0.2, -0.15) is 0 Å². The summed E-state index contributed by atoms with van der Waals surface area (Å²) in [5.74, 6) is 0.362. The van der Waals surface area contributed by atoms with Gasteiger partial charge in [0.1, 0.15) is 12.1 Å². The van der Waals surface area contributed by atoms with Crippen molar-refractivity contribution in [2.24, 2.45) is 0 Å². The molecule has 1 atom stereocenters. The summed E-state index contributed by atoms with van der Waals surface area (Å²) in [5.41, 5.74) is 2.43. The lowest BCUT2D eigenvalue weighted by molar-refractivity contribution is -0.112. The maximum Gasteiger partial charge on any atom is 0.257 e. The number of amides is 2. The second kappa shape index (κ2) is 13.1. The van der Waals surface area contributed by atoms with Crippen molar-refractivity contribution in [1.29, 1.82) is 0 Å². The lowest BCUT2D eigenvalue weighted by atomic mass is 9.76. The molecule has 4 heterocycles. The molecule has 2 aromatic carbocycles. The Morgan fingerprint density at radius 2 is 1.89 bits per heavy atom. The lowest BCUT2D eigenvalue weighted by Gasteiger charge is -2.42. The summed E-state index contributed by atoms with van der Waals surface area (Å²) in [5, 5.41) is 15.5. The molecule has 0 spiro atoms. The molecule has 6 rings (SSSR count). The fraction of sp³-hybridized carbons (Fsp3) is 0.375. The normalized spacial score (nSPS) is 19.8. The standard InChI is InChI=1S/C32H34Cl2N8O3/c1-45-29-7-5-25(42-21-37-38-39-42)18-26(29)30(44)41-16-9-31(20-41,23-4-6-27(33)28(34)17-23)8-13-40-14-10-32(11-15-40,36-22-43)24-3-2-12-35-19-24/h2-7,12,17-19,21-22H,8-11,13-16,20H2,1H3,(H,36,43)/t31-/m0/s1. The zero-order valence-corrected chi connectivity index (χ0v) is 26.4. The van der Waals surface area contributed by atoms with Gasteiger partial charge in [0.05, 0.1) is 33.9 Å². The third-order valence-corrected chi connectivity index (χ3v) is 10.1. The van der Waals surface area contributed by atoms with Gasteiger partial charge in [0.2, 0.25) is 6.41 Å². The first-order valence-electron chi connectivity index (χ1n) is 14.9. The Balaban J connectivity index is 1.22. The molecule has 4 aromatic rings. The maximum atomic E-state index is 14.0. The van der Waals surface area contributed by atoms with Crippen molar-refractivity contribution in [2.75, 3.05) is 39.8 Å². The van der Waals surface area contributed by atoms with E-state index in [1.807, 2.05) is 47.5 Å². The van der Waals surface area contributed by atoms with Gasteiger partial charge < -0.3 is 19.9 Å². The summed E-state index contributed by atoms with van der Waals surface area (Å²) in [6.45, 7) is 3.55. The molecule has 13 heteroatoms. The average Bonchev–Trinajstić information content (AvgIpc) is 3.78.